The highest BCUT2D eigenvalue weighted by Crippen LogP contribution is 2.39. The molecule has 1 aromatic heterocycles. The third kappa shape index (κ3) is 9.84. The van der Waals surface area contributed by atoms with Gasteiger partial charge in [-0.2, -0.15) is 4.73 Å². The molecule has 10 heteroatoms. The van der Waals surface area contributed by atoms with Crippen LogP contribution in [0.2, 0.25) is 0 Å². The van der Waals surface area contributed by atoms with E-state index in [0.717, 1.165) is 46.2 Å². The lowest BCUT2D eigenvalue weighted by atomic mass is 10.0. The summed E-state index contributed by atoms with van der Waals surface area (Å²) in [6.07, 6.45) is 4.73. The fourth-order valence-electron chi connectivity index (χ4n) is 4.72. The lowest BCUT2D eigenvalue weighted by molar-refractivity contribution is -0.645. The van der Waals surface area contributed by atoms with Crippen LogP contribution in [0.4, 0.5) is 0 Å². The smallest absolute Gasteiger partial charge is 0.303 e. The van der Waals surface area contributed by atoms with Gasteiger partial charge in [-0.3, -0.25) is 9.59 Å². The number of carboxylic acid groups (broad SMARTS) is 1. The molecule has 224 valence electrons. The van der Waals surface area contributed by atoms with E-state index < -0.39 is 12.3 Å². The van der Waals surface area contributed by atoms with Gasteiger partial charge in [0.25, 0.3) is 5.03 Å². The largest absolute Gasteiger partial charge is 0.618 e. The normalized spacial score (nSPS) is 18.5. The van der Waals surface area contributed by atoms with Crippen LogP contribution in [0.5, 0.6) is 0 Å². The first kappa shape index (κ1) is 31.5. The van der Waals surface area contributed by atoms with Crippen molar-refractivity contribution in [2.75, 3.05) is 5.75 Å². The van der Waals surface area contributed by atoms with Crippen molar-refractivity contribution in [3.05, 3.63) is 100 Å². The molecular formula is C32H38N2O7S. The number of hydrogen-bond donors (Lipinski definition) is 3. The molecule has 9 nitrogen and oxygen atoms in total. The van der Waals surface area contributed by atoms with Crippen molar-refractivity contribution in [3.63, 3.8) is 0 Å². The van der Waals surface area contributed by atoms with E-state index in [1.165, 1.54) is 18.0 Å². The van der Waals surface area contributed by atoms with Crippen molar-refractivity contribution in [3.8, 4) is 0 Å². The molecule has 3 atom stereocenters. The Kier molecular flexibility index (Phi) is 12.2. The number of aliphatic hydroxyl groups is 1. The average molecular weight is 595 g/mol. The number of rotatable bonds is 15. The lowest BCUT2D eigenvalue weighted by Gasteiger charge is -2.36. The van der Waals surface area contributed by atoms with Crippen molar-refractivity contribution >= 4 is 23.6 Å². The average Bonchev–Trinajstić information content (AvgIpc) is 3.01. The van der Waals surface area contributed by atoms with Crippen molar-refractivity contribution in [1.29, 1.82) is 0 Å². The molecule has 3 aromatic rings. The number of aliphatic carboxylic acids is 1. The number of benzene rings is 2. The van der Waals surface area contributed by atoms with Crippen LogP contribution in [0.1, 0.15) is 79.6 Å². The number of pyridine rings is 1. The van der Waals surface area contributed by atoms with E-state index in [2.05, 4.69) is 5.32 Å². The Balaban J connectivity index is 1.33. The second-order valence-corrected chi connectivity index (χ2v) is 11.4. The highest BCUT2D eigenvalue weighted by molar-refractivity contribution is 7.99. The Morgan fingerprint density at radius 3 is 2.29 bits per heavy atom. The Morgan fingerprint density at radius 1 is 0.905 bits per heavy atom. The van der Waals surface area contributed by atoms with Crippen LogP contribution < -0.4 is 10.0 Å². The number of nitrogens with one attached hydrogen (secondary N) is 1. The van der Waals surface area contributed by atoms with Crippen LogP contribution in [0.15, 0.2) is 78.0 Å². The minimum atomic E-state index is -0.784. The first-order valence-electron chi connectivity index (χ1n) is 14.3. The van der Waals surface area contributed by atoms with Gasteiger partial charge >= 0.3 is 5.97 Å². The van der Waals surface area contributed by atoms with Crippen LogP contribution >= 0.6 is 11.8 Å². The number of hydrogen-bond acceptors (Lipinski definition) is 7. The van der Waals surface area contributed by atoms with Gasteiger partial charge in [0.15, 0.2) is 12.5 Å². The molecule has 1 saturated heterocycles. The van der Waals surface area contributed by atoms with E-state index in [0.29, 0.717) is 36.6 Å². The molecule has 0 aliphatic carbocycles. The molecule has 2 heterocycles. The maximum atomic E-state index is 12.2. The molecule has 0 bridgehead atoms. The predicted molar refractivity (Wildman–Crippen MR) is 158 cm³/mol. The third-order valence-electron chi connectivity index (χ3n) is 7.11. The highest BCUT2D eigenvalue weighted by Gasteiger charge is 2.32. The zero-order valence-corrected chi connectivity index (χ0v) is 24.3. The van der Waals surface area contributed by atoms with Gasteiger partial charge in [-0.1, -0.05) is 73.1 Å². The van der Waals surface area contributed by atoms with Crippen molar-refractivity contribution in [1.82, 2.24) is 5.32 Å². The number of unbranched alkanes of at least 4 members (excludes halogenated alkanes) is 3. The van der Waals surface area contributed by atoms with Crippen molar-refractivity contribution < 1.29 is 34.0 Å². The van der Waals surface area contributed by atoms with Crippen LogP contribution in [-0.2, 0) is 32.2 Å². The molecule has 0 saturated carbocycles. The molecular weight excluding hydrogens is 556 g/mol. The zero-order valence-electron chi connectivity index (χ0n) is 23.5. The van der Waals surface area contributed by atoms with Crippen LogP contribution in [0, 0.1) is 5.21 Å². The second kappa shape index (κ2) is 16.3. The summed E-state index contributed by atoms with van der Waals surface area (Å²) in [5, 5.41) is 33.8. The number of carboxylic acids is 1. The minimum Gasteiger partial charge on any atom is -0.618 e. The first-order valence-corrected chi connectivity index (χ1v) is 15.3. The van der Waals surface area contributed by atoms with E-state index >= 15 is 0 Å². The van der Waals surface area contributed by atoms with Gasteiger partial charge in [0.1, 0.15) is 0 Å². The molecule has 2 aromatic carbocycles. The number of aliphatic hydroxyl groups excluding tert-OH is 1. The van der Waals surface area contributed by atoms with E-state index in [-0.39, 0.29) is 31.1 Å². The molecule has 4 rings (SSSR count). The molecule has 0 unspecified atom stereocenters. The predicted octanol–water partition coefficient (Wildman–Crippen LogP) is 5.19. The summed E-state index contributed by atoms with van der Waals surface area (Å²) in [6.45, 7) is 0.389. The molecule has 1 fully saturated rings. The standard InChI is InChI=1S/C32H38N2O7S/c35-21-24-12-14-25(15-13-24)28-19-27(22-42-30-8-5-6-18-34(30)39)40-32(41-28)26-16-10-23(11-17-26)20-33-29(36)7-3-1-2-4-9-31(37)38/h5-6,8,10-18,27-28,32,35H,1-4,7,9,19-22H2,(H,33,36)(H,37,38)/t27-,28+,32+/m0/s1. The number of amides is 1. The lowest BCUT2D eigenvalue weighted by Crippen LogP contribution is -2.32. The second-order valence-electron chi connectivity index (χ2n) is 10.4. The van der Waals surface area contributed by atoms with Gasteiger partial charge in [-0.25, -0.2) is 0 Å². The SMILES string of the molecule is O=C(O)CCCCCCC(=O)NCc1ccc([C@@H]2O[C@H](CSc3cccc[n+]3[O-])C[C@H](c3ccc(CO)cc3)O2)cc1. The maximum Gasteiger partial charge on any atom is 0.303 e. The third-order valence-corrected chi connectivity index (χ3v) is 8.26. The summed E-state index contributed by atoms with van der Waals surface area (Å²) in [5.41, 5.74) is 3.64. The minimum absolute atomic E-state index is 0.0233. The first-order chi connectivity index (χ1) is 20.4. The highest BCUT2D eigenvalue weighted by atomic mass is 32.2. The fraction of sp³-hybridized carbons (Fsp3) is 0.406. The fourth-order valence-corrected chi connectivity index (χ4v) is 5.66. The molecule has 3 N–H and O–H groups in total. The summed E-state index contributed by atoms with van der Waals surface area (Å²) in [6, 6.07) is 20.8. The van der Waals surface area contributed by atoms with E-state index in [1.54, 1.807) is 12.1 Å². The maximum absolute atomic E-state index is 12.2. The van der Waals surface area contributed by atoms with Gasteiger partial charge in [0.05, 0.1) is 18.8 Å². The van der Waals surface area contributed by atoms with E-state index in [9.17, 15) is 19.9 Å². The quantitative estimate of drug-likeness (QED) is 0.0948. The van der Waals surface area contributed by atoms with Crippen molar-refractivity contribution in [2.24, 2.45) is 0 Å². The van der Waals surface area contributed by atoms with E-state index in [1.807, 2.05) is 54.6 Å². The molecule has 42 heavy (non-hydrogen) atoms. The van der Waals surface area contributed by atoms with Crippen LogP contribution in [-0.4, -0.2) is 33.9 Å². The zero-order chi connectivity index (χ0) is 29.7. The molecule has 1 aliphatic heterocycles. The summed E-state index contributed by atoms with van der Waals surface area (Å²) in [4.78, 5) is 22.8. The van der Waals surface area contributed by atoms with Gasteiger partial charge in [0, 0.05) is 49.3 Å². The number of nitrogens with zero attached hydrogens (tertiary/aromatic N) is 1. The number of carbonyl (C=O) groups excluding carboxylic acids is 1. The molecule has 1 aliphatic rings. The number of carbonyl (C=O) groups is 2. The van der Waals surface area contributed by atoms with Gasteiger partial charge in [-0.15, -0.1) is 0 Å². The van der Waals surface area contributed by atoms with Gasteiger partial charge in [-0.05, 0) is 35.6 Å². The Morgan fingerprint density at radius 2 is 1.60 bits per heavy atom. The number of aromatic nitrogens is 1. The number of ether oxygens (including phenoxy) is 2. The van der Waals surface area contributed by atoms with Crippen molar-refractivity contribution in [2.45, 2.75) is 81.6 Å². The summed E-state index contributed by atoms with van der Waals surface area (Å²) in [7, 11) is 0. The Hall–Kier alpha value is -3.44. The molecule has 1 amide bonds. The summed E-state index contributed by atoms with van der Waals surface area (Å²) in [5.74, 6) is -0.223. The van der Waals surface area contributed by atoms with Crippen LogP contribution in [0.3, 0.4) is 0 Å². The van der Waals surface area contributed by atoms with E-state index in [4.69, 9.17) is 14.6 Å². The molecule has 0 radical (unpaired) electrons. The summed E-state index contributed by atoms with van der Waals surface area (Å²) >= 11 is 1.45. The monoisotopic (exact) mass is 594 g/mol. The Labute approximate surface area is 250 Å². The van der Waals surface area contributed by atoms with Crippen LogP contribution in [0.25, 0.3) is 0 Å². The Bertz CT molecular complexity index is 1290. The van der Waals surface area contributed by atoms with Gasteiger partial charge in [0.2, 0.25) is 5.91 Å². The van der Waals surface area contributed by atoms with Gasteiger partial charge < -0.3 is 30.2 Å². The topological polar surface area (TPSA) is 132 Å². The molecule has 0 spiro atoms. The number of thioether (sulfide) groups is 1. The summed E-state index contributed by atoms with van der Waals surface area (Å²) < 4.78 is 13.6.